The zero-order valence-corrected chi connectivity index (χ0v) is 13.8. The van der Waals surface area contributed by atoms with Crippen molar-refractivity contribution in [2.75, 3.05) is 0 Å². The molecular formula is C21H15N3O2. The van der Waals surface area contributed by atoms with Crippen molar-refractivity contribution < 1.29 is 9.15 Å². The zero-order valence-electron chi connectivity index (χ0n) is 13.8. The molecule has 0 aliphatic rings. The van der Waals surface area contributed by atoms with E-state index in [1.807, 2.05) is 84.9 Å². The predicted octanol–water partition coefficient (Wildman–Crippen LogP) is 5.28. The molecule has 0 saturated carbocycles. The molecule has 1 heterocycles. The molecule has 0 fully saturated rings. The minimum absolute atomic E-state index is 0.207. The van der Waals surface area contributed by atoms with Crippen molar-refractivity contribution in [1.82, 2.24) is 10.2 Å². The Morgan fingerprint density at radius 2 is 1.50 bits per heavy atom. The van der Waals surface area contributed by atoms with Crippen molar-refractivity contribution in [3.63, 3.8) is 0 Å². The third-order valence-corrected chi connectivity index (χ3v) is 3.60. The highest BCUT2D eigenvalue weighted by Gasteiger charge is 2.06. The Hall–Kier alpha value is -3.73. The van der Waals surface area contributed by atoms with E-state index >= 15 is 0 Å². The van der Waals surface area contributed by atoms with Crippen LogP contribution in [0.3, 0.4) is 0 Å². The van der Waals surface area contributed by atoms with Gasteiger partial charge in [-0.2, -0.15) is 0 Å². The second kappa shape index (κ2) is 7.44. The lowest BCUT2D eigenvalue weighted by atomic mass is 10.2. The first-order valence-electron chi connectivity index (χ1n) is 8.13. The van der Waals surface area contributed by atoms with Gasteiger partial charge in [0.15, 0.2) is 0 Å². The number of benzene rings is 3. The fourth-order valence-electron chi connectivity index (χ4n) is 2.38. The van der Waals surface area contributed by atoms with Crippen molar-refractivity contribution in [1.29, 1.82) is 0 Å². The summed E-state index contributed by atoms with van der Waals surface area (Å²) in [6.45, 7) is 0. The average Bonchev–Trinajstić information content (AvgIpc) is 3.17. The number of hydrogen-bond donors (Lipinski definition) is 0. The smallest absolute Gasteiger partial charge is 0.342 e. The Morgan fingerprint density at radius 3 is 2.31 bits per heavy atom. The molecule has 0 unspecified atom stereocenters. The predicted molar refractivity (Wildman–Crippen MR) is 99.9 cm³/mol. The Balaban J connectivity index is 1.49. The van der Waals surface area contributed by atoms with Gasteiger partial charge in [-0.25, -0.2) is 4.99 Å². The van der Waals surface area contributed by atoms with Crippen LogP contribution in [0.25, 0.3) is 11.5 Å². The molecule has 0 N–H and O–H groups in total. The van der Waals surface area contributed by atoms with Gasteiger partial charge in [0.05, 0.1) is 0 Å². The normalized spacial score (nSPS) is 10.9. The van der Waals surface area contributed by atoms with Gasteiger partial charge in [0.2, 0.25) is 5.89 Å². The minimum atomic E-state index is 0.207. The highest BCUT2D eigenvalue weighted by atomic mass is 16.5. The van der Waals surface area contributed by atoms with Crippen molar-refractivity contribution in [3.05, 3.63) is 90.5 Å². The van der Waals surface area contributed by atoms with Gasteiger partial charge >= 0.3 is 6.01 Å². The number of para-hydroxylation sites is 1. The van der Waals surface area contributed by atoms with E-state index in [1.165, 1.54) is 0 Å². The molecule has 0 radical (unpaired) electrons. The maximum absolute atomic E-state index is 5.82. The molecule has 1 aromatic heterocycles. The van der Waals surface area contributed by atoms with Crippen LogP contribution in [0.4, 0.5) is 6.01 Å². The molecular weight excluding hydrogens is 326 g/mol. The minimum Gasteiger partial charge on any atom is -0.457 e. The quantitative estimate of drug-likeness (QED) is 0.463. The number of nitrogens with zero attached hydrogens (tertiary/aromatic N) is 3. The van der Waals surface area contributed by atoms with Crippen LogP contribution in [0.5, 0.6) is 11.5 Å². The number of aromatic nitrogens is 2. The molecule has 0 aliphatic heterocycles. The molecule has 3 aromatic carbocycles. The summed E-state index contributed by atoms with van der Waals surface area (Å²) in [6.07, 6.45) is 1.67. The summed E-state index contributed by atoms with van der Waals surface area (Å²) in [5, 5.41) is 7.97. The Labute approximate surface area is 150 Å². The number of rotatable bonds is 5. The fraction of sp³-hybridized carbons (Fsp3) is 0. The van der Waals surface area contributed by atoms with Crippen molar-refractivity contribution in [2.45, 2.75) is 0 Å². The molecule has 0 atom stereocenters. The standard InChI is InChI=1S/C21H15N3O2/c1-3-9-17(10-4-1)20-23-24-21(26-20)22-15-16-8-7-13-19(14-16)25-18-11-5-2-6-12-18/h1-15H/b22-15+. The first-order chi connectivity index (χ1) is 12.9. The molecule has 4 aromatic rings. The molecule has 126 valence electrons. The van der Waals surface area contributed by atoms with Gasteiger partial charge in [-0.15, -0.1) is 5.10 Å². The lowest BCUT2D eigenvalue weighted by Gasteiger charge is -2.05. The van der Waals surface area contributed by atoms with Gasteiger partial charge in [-0.05, 0) is 42.0 Å². The van der Waals surface area contributed by atoms with Crippen LogP contribution in [-0.4, -0.2) is 16.4 Å². The van der Waals surface area contributed by atoms with Crippen molar-refractivity contribution >= 4 is 12.2 Å². The van der Waals surface area contributed by atoms with E-state index in [2.05, 4.69) is 15.2 Å². The van der Waals surface area contributed by atoms with Crippen molar-refractivity contribution in [3.8, 4) is 23.0 Å². The van der Waals surface area contributed by atoms with E-state index in [0.29, 0.717) is 5.89 Å². The zero-order chi connectivity index (χ0) is 17.6. The molecule has 0 spiro atoms. The molecule has 26 heavy (non-hydrogen) atoms. The molecule has 0 amide bonds. The average molecular weight is 341 g/mol. The van der Waals surface area contributed by atoms with E-state index in [4.69, 9.17) is 9.15 Å². The van der Waals surface area contributed by atoms with E-state index in [1.54, 1.807) is 6.21 Å². The molecule has 4 rings (SSSR count). The van der Waals surface area contributed by atoms with E-state index in [-0.39, 0.29) is 6.01 Å². The number of ether oxygens (including phenoxy) is 1. The second-order valence-electron chi connectivity index (χ2n) is 5.50. The van der Waals surface area contributed by atoms with Gasteiger partial charge in [0.25, 0.3) is 0 Å². The van der Waals surface area contributed by atoms with E-state index in [0.717, 1.165) is 22.6 Å². The van der Waals surface area contributed by atoms with Gasteiger partial charge < -0.3 is 9.15 Å². The van der Waals surface area contributed by atoms with Crippen LogP contribution < -0.4 is 4.74 Å². The lowest BCUT2D eigenvalue weighted by Crippen LogP contribution is -1.86. The number of aliphatic imine (C=N–C) groups is 1. The molecule has 5 nitrogen and oxygen atoms in total. The first-order valence-corrected chi connectivity index (χ1v) is 8.13. The summed E-state index contributed by atoms with van der Waals surface area (Å²) in [4.78, 5) is 4.25. The highest BCUT2D eigenvalue weighted by Crippen LogP contribution is 2.23. The Bertz CT molecular complexity index is 1010. The Kier molecular flexibility index (Phi) is 4.52. The second-order valence-corrected chi connectivity index (χ2v) is 5.50. The van der Waals surface area contributed by atoms with E-state index < -0.39 is 0 Å². The maximum atomic E-state index is 5.82. The monoisotopic (exact) mass is 341 g/mol. The van der Waals surface area contributed by atoms with Crippen LogP contribution in [0.1, 0.15) is 5.56 Å². The third-order valence-electron chi connectivity index (χ3n) is 3.60. The SMILES string of the molecule is C(=N\c1nnc(-c2ccccc2)o1)/c1cccc(Oc2ccccc2)c1. The summed E-state index contributed by atoms with van der Waals surface area (Å²) in [7, 11) is 0. The molecule has 5 heteroatoms. The molecule has 0 bridgehead atoms. The fourth-order valence-corrected chi connectivity index (χ4v) is 2.38. The van der Waals surface area contributed by atoms with Crippen LogP contribution >= 0.6 is 0 Å². The molecule has 0 saturated heterocycles. The molecule has 0 aliphatic carbocycles. The van der Waals surface area contributed by atoms with E-state index in [9.17, 15) is 0 Å². The Morgan fingerprint density at radius 1 is 0.769 bits per heavy atom. The summed E-state index contributed by atoms with van der Waals surface area (Å²) in [5.41, 5.74) is 1.73. The summed E-state index contributed by atoms with van der Waals surface area (Å²) in [6, 6.07) is 27.0. The van der Waals surface area contributed by atoms with Gasteiger partial charge in [-0.3, -0.25) is 0 Å². The van der Waals surface area contributed by atoms with Crippen LogP contribution in [0, 0.1) is 0 Å². The summed E-state index contributed by atoms with van der Waals surface area (Å²) < 4.78 is 11.4. The highest BCUT2D eigenvalue weighted by molar-refractivity contribution is 5.81. The largest absolute Gasteiger partial charge is 0.457 e. The van der Waals surface area contributed by atoms with Gasteiger partial charge in [-0.1, -0.05) is 53.6 Å². The maximum Gasteiger partial charge on any atom is 0.342 e. The van der Waals surface area contributed by atoms with Crippen LogP contribution in [-0.2, 0) is 0 Å². The number of hydrogen-bond acceptors (Lipinski definition) is 5. The summed E-state index contributed by atoms with van der Waals surface area (Å²) in [5.74, 6) is 1.96. The van der Waals surface area contributed by atoms with Crippen LogP contribution in [0.15, 0.2) is 94.3 Å². The third kappa shape index (κ3) is 3.84. The summed E-state index contributed by atoms with van der Waals surface area (Å²) >= 11 is 0. The van der Waals surface area contributed by atoms with Gasteiger partial charge in [0, 0.05) is 11.8 Å². The van der Waals surface area contributed by atoms with Crippen LogP contribution in [0.2, 0.25) is 0 Å². The first kappa shape index (κ1) is 15.8. The van der Waals surface area contributed by atoms with Gasteiger partial charge in [0.1, 0.15) is 11.5 Å². The topological polar surface area (TPSA) is 60.5 Å². The van der Waals surface area contributed by atoms with Crippen molar-refractivity contribution in [2.24, 2.45) is 4.99 Å². The lowest BCUT2D eigenvalue weighted by molar-refractivity contribution is 0.482.